The molecule has 164 valence electrons. The van der Waals surface area contributed by atoms with Crippen molar-refractivity contribution in [2.45, 2.75) is 31.8 Å². The van der Waals surface area contributed by atoms with Gasteiger partial charge in [0.1, 0.15) is 5.69 Å². The van der Waals surface area contributed by atoms with Crippen LogP contribution < -0.4 is 5.32 Å². The Morgan fingerprint density at radius 1 is 0.935 bits per heavy atom. The van der Waals surface area contributed by atoms with Crippen LogP contribution in [0.1, 0.15) is 23.7 Å². The summed E-state index contributed by atoms with van der Waals surface area (Å²) >= 11 is 0. The maximum absolute atomic E-state index is 13.2. The van der Waals surface area contributed by atoms with Crippen LogP contribution in [-0.2, 0) is 11.8 Å². The zero-order valence-corrected chi connectivity index (χ0v) is 16.2. The van der Waals surface area contributed by atoms with E-state index in [1.807, 2.05) is 0 Å². The van der Waals surface area contributed by atoms with Crippen molar-refractivity contribution >= 4 is 11.6 Å². The lowest BCUT2D eigenvalue weighted by Gasteiger charge is -2.26. The Labute approximate surface area is 172 Å². The van der Waals surface area contributed by atoms with E-state index in [2.05, 4.69) is 20.3 Å². The van der Waals surface area contributed by atoms with E-state index in [9.17, 15) is 31.4 Å². The number of aryl methyl sites for hydroxylation is 1. The summed E-state index contributed by atoms with van der Waals surface area (Å²) in [5.74, 6) is -0.293. The number of hydrogen-bond donors (Lipinski definition) is 2. The predicted octanol–water partition coefficient (Wildman–Crippen LogP) is 5.38. The van der Waals surface area contributed by atoms with E-state index in [0.29, 0.717) is 23.7 Å². The van der Waals surface area contributed by atoms with Crippen LogP contribution in [0.2, 0.25) is 0 Å². The van der Waals surface area contributed by atoms with Gasteiger partial charge in [-0.15, -0.1) is 0 Å². The normalized spacial score (nSPS) is 14.2. The molecule has 0 amide bonds. The molecule has 0 saturated carbocycles. The first-order chi connectivity index (χ1) is 14.3. The Hall–Kier alpha value is -3.21. The summed E-state index contributed by atoms with van der Waals surface area (Å²) in [6.07, 6.45) is -6.36. The zero-order valence-electron chi connectivity index (χ0n) is 16.2. The third-order valence-electron chi connectivity index (χ3n) is 4.47. The number of pyridine rings is 1. The maximum Gasteiger partial charge on any atom is 0.433 e. The van der Waals surface area contributed by atoms with Crippen LogP contribution in [0.25, 0.3) is 11.1 Å². The first-order valence-electron chi connectivity index (χ1n) is 8.81. The SMILES string of the molecule is Cc1cc(Nc2nccc(C(F)(F)F)n2)cc(-c2cncc(C(C)(O)C(F)(F)F)c2)c1. The molecule has 2 heterocycles. The molecule has 1 unspecified atom stereocenters. The molecular weight excluding hydrogens is 426 g/mol. The van der Waals surface area contributed by atoms with Crippen LogP contribution in [0.4, 0.5) is 38.0 Å². The highest BCUT2D eigenvalue weighted by molar-refractivity contribution is 5.71. The fraction of sp³-hybridized carbons (Fsp3) is 0.250. The molecule has 0 saturated heterocycles. The van der Waals surface area contributed by atoms with Crippen LogP contribution in [0, 0.1) is 6.92 Å². The van der Waals surface area contributed by atoms with Gasteiger partial charge in [-0.25, -0.2) is 9.97 Å². The molecule has 3 rings (SSSR count). The number of rotatable bonds is 4. The quantitative estimate of drug-likeness (QED) is 0.531. The van der Waals surface area contributed by atoms with E-state index in [0.717, 1.165) is 24.5 Å². The second kappa shape index (κ2) is 7.80. The first kappa shape index (κ1) is 22.5. The first-order valence-corrected chi connectivity index (χ1v) is 8.81. The van der Waals surface area contributed by atoms with E-state index in [1.54, 1.807) is 19.1 Å². The molecule has 0 aliphatic carbocycles. The average Bonchev–Trinajstić information content (AvgIpc) is 2.66. The molecule has 0 bridgehead atoms. The highest BCUT2D eigenvalue weighted by Crippen LogP contribution is 2.39. The minimum atomic E-state index is -4.91. The van der Waals surface area contributed by atoms with Gasteiger partial charge in [0.05, 0.1) is 0 Å². The average molecular weight is 442 g/mol. The highest BCUT2D eigenvalue weighted by Gasteiger charge is 2.51. The molecule has 1 aromatic carbocycles. The summed E-state index contributed by atoms with van der Waals surface area (Å²) in [6.45, 7) is 2.33. The van der Waals surface area contributed by atoms with Crippen LogP contribution >= 0.6 is 0 Å². The van der Waals surface area contributed by atoms with E-state index in [1.165, 1.54) is 12.3 Å². The van der Waals surface area contributed by atoms with Gasteiger partial charge in [-0.05, 0) is 49.2 Å². The topological polar surface area (TPSA) is 70.9 Å². The largest absolute Gasteiger partial charge is 0.433 e. The fourth-order valence-corrected chi connectivity index (χ4v) is 2.76. The molecule has 0 radical (unpaired) electrons. The molecule has 0 aliphatic rings. The van der Waals surface area contributed by atoms with Crippen molar-refractivity contribution in [1.82, 2.24) is 15.0 Å². The van der Waals surface area contributed by atoms with E-state index in [4.69, 9.17) is 0 Å². The van der Waals surface area contributed by atoms with Gasteiger partial charge in [0.25, 0.3) is 0 Å². The number of nitrogens with zero attached hydrogens (tertiary/aromatic N) is 3. The lowest BCUT2D eigenvalue weighted by Crippen LogP contribution is -2.39. The highest BCUT2D eigenvalue weighted by atomic mass is 19.4. The molecule has 1 atom stereocenters. The van der Waals surface area contributed by atoms with E-state index in [-0.39, 0.29) is 11.5 Å². The molecule has 0 fully saturated rings. The number of anilines is 2. The van der Waals surface area contributed by atoms with Crippen molar-refractivity contribution < 1.29 is 31.4 Å². The summed E-state index contributed by atoms with van der Waals surface area (Å²) in [6, 6.07) is 6.65. The lowest BCUT2D eigenvalue weighted by molar-refractivity contribution is -0.259. The van der Waals surface area contributed by atoms with E-state index < -0.39 is 29.2 Å². The number of halogens is 6. The predicted molar refractivity (Wildman–Crippen MR) is 100 cm³/mol. The van der Waals surface area contributed by atoms with Crippen LogP contribution in [0.5, 0.6) is 0 Å². The number of alkyl halides is 6. The summed E-state index contributed by atoms with van der Waals surface area (Å²) in [5.41, 5.74) is -2.98. The smallest absolute Gasteiger partial charge is 0.376 e. The summed E-state index contributed by atoms with van der Waals surface area (Å²) in [5, 5.41) is 12.6. The standard InChI is InChI=1S/C20H16F6N4O/c1-11-5-12(13-7-14(10-27-9-13)18(2,31)20(24,25)26)8-15(6-11)29-17-28-4-3-16(30-17)19(21,22)23/h3-10,31H,1-2H3,(H,28,29,30). The minimum absolute atomic E-state index is 0.277. The Morgan fingerprint density at radius 2 is 1.65 bits per heavy atom. The summed E-state index contributed by atoms with van der Waals surface area (Å²) in [7, 11) is 0. The maximum atomic E-state index is 13.2. The number of nitrogens with one attached hydrogen (secondary N) is 1. The summed E-state index contributed by atoms with van der Waals surface area (Å²) < 4.78 is 78.0. The molecule has 3 aromatic rings. The van der Waals surface area contributed by atoms with Gasteiger partial charge in [0, 0.05) is 35.4 Å². The minimum Gasteiger partial charge on any atom is -0.376 e. The summed E-state index contributed by atoms with van der Waals surface area (Å²) in [4.78, 5) is 11.0. The van der Waals surface area contributed by atoms with E-state index >= 15 is 0 Å². The molecule has 31 heavy (non-hydrogen) atoms. The van der Waals surface area contributed by atoms with Crippen LogP contribution in [0.3, 0.4) is 0 Å². The van der Waals surface area contributed by atoms with Crippen molar-refractivity contribution in [3.63, 3.8) is 0 Å². The van der Waals surface area contributed by atoms with Gasteiger partial charge >= 0.3 is 12.4 Å². The van der Waals surface area contributed by atoms with Gasteiger partial charge in [-0.1, -0.05) is 6.07 Å². The molecule has 0 aliphatic heterocycles. The van der Waals surface area contributed by atoms with Gasteiger partial charge in [0.15, 0.2) is 5.60 Å². The second-order valence-corrected chi connectivity index (χ2v) is 7.01. The van der Waals surface area contributed by atoms with Crippen molar-refractivity contribution in [3.8, 4) is 11.1 Å². The Balaban J connectivity index is 1.97. The Bertz CT molecular complexity index is 1100. The number of aromatic nitrogens is 3. The molecule has 11 heteroatoms. The van der Waals surface area contributed by atoms with Gasteiger partial charge in [0.2, 0.25) is 5.95 Å². The van der Waals surface area contributed by atoms with Gasteiger partial charge in [-0.2, -0.15) is 26.3 Å². The van der Waals surface area contributed by atoms with Crippen molar-refractivity contribution in [1.29, 1.82) is 0 Å². The molecule has 5 nitrogen and oxygen atoms in total. The van der Waals surface area contributed by atoms with Crippen molar-refractivity contribution in [3.05, 3.63) is 65.7 Å². The number of aliphatic hydroxyl groups is 1. The zero-order chi connectivity index (χ0) is 23.0. The fourth-order valence-electron chi connectivity index (χ4n) is 2.76. The molecule has 2 aromatic heterocycles. The van der Waals surface area contributed by atoms with Crippen LogP contribution in [0.15, 0.2) is 48.9 Å². The van der Waals surface area contributed by atoms with Crippen LogP contribution in [-0.4, -0.2) is 26.2 Å². The number of hydrogen-bond acceptors (Lipinski definition) is 5. The lowest BCUT2D eigenvalue weighted by atomic mass is 9.94. The number of benzene rings is 1. The van der Waals surface area contributed by atoms with Crippen molar-refractivity contribution in [2.75, 3.05) is 5.32 Å². The third-order valence-corrected chi connectivity index (χ3v) is 4.47. The van der Waals surface area contributed by atoms with Gasteiger partial charge < -0.3 is 10.4 Å². The Kier molecular flexibility index (Phi) is 5.66. The third kappa shape index (κ3) is 4.93. The second-order valence-electron chi connectivity index (χ2n) is 7.01. The Morgan fingerprint density at radius 3 is 2.29 bits per heavy atom. The molecular formula is C20H16F6N4O. The molecule has 2 N–H and O–H groups in total. The molecule has 0 spiro atoms. The monoisotopic (exact) mass is 442 g/mol. The van der Waals surface area contributed by atoms with Gasteiger partial charge in [-0.3, -0.25) is 4.98 Å². The van der Waals surface area contributed by atoms with Crippen molar-refractivity contribution in [2.24, 2.45) is 0 Å².